The molecule has 0 saturated carbocycles. The van der Waals surface area contributed by atoms with Crippen LogP contribution in [0, 0.1) is 5.92 Å². The van der Waals surface area contributed by atoms with Crippen LogP contribution in [0.25, 0.3) is 0 Å². The van der Waals surface area contributed by atoms with Crippen molar-refractivity contribution in [3.63, 3.8) is 0 Å². The first-order valence-corrected chi connectivity index (χ1v) is 11.4. The van der Waals surface area contributed by atoms with Crippen LogP contribution in [0.1, 0.15) is 45.6 Å². The summed E-state index contributed by atoms with van der Waals surface area (Å²) < 4.78 is 28.2. The van der Waals surface area contributed by atoms with Gasteiger partial charge in [-0.1, -0.05) is 13.3 Å². The first kappa shape index (κ1) is 20.3. The van der Waals surface area contributed by atoms with E-state index in [0.29, 0.717) is 13.0 Å². The molecule has 1 N–H and O–H groups in total. The molecule has 7 heteroatoms. The van der Waals surface area contributed by atoms with E-state index in [0.717, 1.165) is 30.9 Å². The highest BCUT2D eigenvalue weighted by Crippen LogP contribution is 2.33. The fourth-order valence-corrected chi connectivity index (χ4v) is 5.45. The summed E-state index contributed by atoms with van der Waals surface area (Å²) in [6.07, 6.45) is 4.46. The second-order valence-corrected chi connectivity index (χ2v) is 9.82. The molecule has 1 fully saturated rings. The van der Waals surface area contributed by atoms with E-state index in [1.807, 2.05) is 6.92 Å². The number of anilines is 1. The number of likely N-dealkylation sites (tertiary alicyclic amines) is 1. The van der Waals surface area contributed by atoms with Crippen molar-refractivity contribution in [3.8, 4) is 0 Å². The fraction of sp³-hybridized carbons (Fsp3) is 0.650. The van der Waals surface area contributed by atoms with E-state index >= 15 is 0 Å². The highest BCUT2D eigenvalue weighted by Gasteiger charge is 2.30. The number of benzene rings is 1. The molecular weight excluding hydrogens is 362 g/mol. The number of nitrogens with one attached hydrogen (secondary N) is 1. The van der Waals surface area contributed by atoms with Gasteiger partial charge in [-0.3, -0.25) is 4.79 Å². The molecule has 0 aliphatic carbocycles. The van der Waals surface area contributed by atoms with E-state index in [2.05, 4.69) is 16.5 Å². The number of piperidine rings is 1. The van der Waals surface area contributed by atoms with Gasteiger partial charge in [0, 0.05) is 31.7 Å². The van der Waals surface area contributed by atoms with Crippen molar-refractivity contribution >= 4 is 21.6 Å². The van der Waals surface area contributed by atoms with Crippen LogP contribution in [0.4, 0.5) is 5.69 Å². The molecule has 1 aromatic rings. The lowest BCUT2D eigenvalue weighted by Crippen LogP contribution is -2.38. The molecule has 2 heterocycles. The van der Waals surface area contributed by atoms with Gasteiger partial charge in [0.25, 0.3) is 0 Å². The maximum atomic E-state index is 12.7. The highest BCUT2D eigenvalue weighted by molar-refractivity contribution is 7.89. The van der Waals surface area contributed by atoms with E-state index < -0.39 is 10.0 Å². The number of carbonyl (C=O) groups is 1. The molecule has 1 saturated heterocycles. The van der Waals surface area contributed by atoms with Crippen LogP contribution in [0.3, 0.4) is 0 Å². The van der Waals surface area contributed by atoms with Gasteiger partial charge in [0.05, 0.1) is 4.90 Å². The number of sulfonamides is 1. The second kappa shape index (κ2) is 8.29. The van der Waals surface area contributed by atoms with Crippen LogP contribution in [0.5, 0.6) is 0 Å². The van der Waals surface area contributed by atoms with Crippen molar-refractivity contribution in [2.45, 2.75) is 57.4 Å². The topological polar surface area (TPSA) is 69.7 Å². The Morgan fingerprint density at radius 2 is 1.96 bits per heavy atom. The largest absolute Gasteiger partial charge is 0.309 e. The zero-order chi connectivity index (χ0) is 19.6. The van der Waals surface area contributed by atoms with E-state index in [1.54, 1.807) is 30.0 Å². The number of rotatable bonds is 6. The van der Waals surface area contributed by atoms with E-state index in [-0.39, 0.29) is 22.8 Å². The lowest BCUT2D eigenvalue weighted by Gasteiger charge is -2.29. The Hall–Kier alpha value is -1.44. The second-order valence-electron chi connectivity index (χ2n) is 8.05. The highest BCUT2D eigenvalue weighted by atomic mass is 32.2. The SMILES string of the molecule is CC(=O)N1c2ccc(S(=O)(=O)NCC(C)CN3CCCCC3)cc2CC1C. The van der Waals surface area contributed by atoms with Gasteiger partial charge < -0.3 is 9.80 Å². The molecule has 2 aliphatic heterocycles. The smallest absolute Gasteiger partial charge is 0.240 e. The van der Waals surface area contributed by atoms with Gasteiger partial charge in [-0.15, -0.1) is 0 Å². The van der Waals surface area contributed by atoms with Crippen LogP contribution >= 0.6 is 0 Å². The number of fused-ring (bicyclic) bond motifs is 1. The summed E-state index contributed by atoms with van der Waals surface area (Å²) in [5.74, 6) is 0.252. The van der Waals surface area contributed by atoms with Gasteiger partial charge in [-0.25, -0.2) is 13.1 Å². The predicted octanol–water partition coefficient (Wildman–Crippen LogP) is 2.38. The van der Waals surface area contributed by atoms with Crippen LogP contribution < -0.4 is 9.62 Å². The molecule has 6 nitrogen and oxygen atoms in total. The van der Waals surface area contributed by atoms with Crippen molar-refractivity contribution in [2.75, 3.05) is 31.1 Å². The summed E-state index contributed by atoms with van der Waals surface area (Å²) in [4.78, 5) is 16.3. The summed E-state index contributed by atoms with van der Waals surface area (Å²) in [7, 11) is -3.54. The van der Waals surface area contributed by atoms with Crippen molar-refractivity contribution in [3.05, 3.63) is 23.8 Å². The molecular formula is C20H31N3O3S. The van der Waals surface area contributed by atoms with Gasteiger partial charge in [-0.05, 0) is 69.0 Å². The van der Waals surface area contributed by atoms with E-state index in [4.69, 9.17) is 0 Å². The van der Waals surface area contributed by atoms with E-state index in [1.165, 1.54) is 19.3 Å². The lowest BCUT2D eigenvalue weighted by atomic mass is 10.1. The third-order valence-corrected chi connectivity index (χ3v) is 6.98. The Bertz CT molecular complexity index is 788. The number of hydrogen-bond acceptors (Lipinski definition) is 4. The molecule has 1 amide bonds. The molecule has 1 aromatic carbocycles. The van der Waals surface area contributed by atoms with Gasteiger partial charge in [0.1, 0.15) is 0 Å². The number of amides is 1. The van der Waals surface area contributed by atoms with Crippen LogP contribution in [-0.4, -0.2) is 51.4 Å². The Kier molecular flexibility index (Phi) is 6.23. The van der Waals surface area contributed by atoms with Gasteiger partial charge in [-0.2, -0.15) is 0 Å². The molecule has 2 aliphatic rings. The summed E-state index contributed by atoms with van der Waals surface area (Å²) in [6.45, 7) is 9.22. The minimum Gasteiger partial charge on any atom is -0.309 e. The van der Waals surface area contributed by atoms with Gasteiger partial charge in [0.15, 0.2) is 0 Å². The van der Waals surface area contributed by atoms with E-state index in [9.17, 15) is 13.2 Å². The number of carbonyl (C=O) groups excluding carboxylic acids is 1. The average Bonchev–Trinajstić information content (AvgIpc) is 2.96. The van der Waals surface area contributed by atoms with Crippen LogP contribution in [0.15, 0.2) is 23.1 Å². The summed E-state index contributed by atoms with van der Waals surface area (Å²) in [5.41, 5.74) is 1.74. The van der Waals surface area contributed by atoms with Crippen molar-refractivity contribution in [1.82, 2.24) is 9.62 Å². The summed E-state index contributed by atoms with van der Waals surface area (Å²) in [6, 6.07) is 5.14. The Balaban J connectivity index is 1.63. The average molecular weight is 394 g/mol. The molecule has 27 heavy (non-hydrogen) atoms. The van der Waals surface area contributed by atoms with Crippen LogP contribution in [-0.2, 0) is 21.2 Å². The monoisotopic (exact) mass is 393 g/mol. The zero-order valence-electron chi connectivity index (χ0n) is 16.6. The number of nitrogens with zero attached hydrogens (tertiary/aromatic N) is 2. The molecule has 0 spiro atoms. The minimum atomic E-state index is -3.54. The van der Waals surface area contributed by atoms with Crippen LogP contribution in [0.2, 0.25) is 0 Å². The molecule has 0 bridgehead atoms. The molecule has 150 valence electrons. The zero-order valence-corrected chi connectivity index (χ0v) is 17.4. The lowest BCUT2D eigenvalue weighted by molar-refractivity contribution is -0.116. The summed E-state index contributed by atoms with van der Waals surface area (Å²) in [5, 5.41) is 0. The number of hydrogen-bond donors (Lipinski definition) is 1. The third-order valence-electron chi connectivity index (χ3n) is 5.56. The molecule has 0 radical (unpaired) electrons. The summed E-state index contributed by atoms with van der Waals surface area (Å²) >= 11 is 0. The quantitative estimate of drug-likeness (QED) is 0.806. The first-order valence-electron chi connectivity index (χ1n) is 9.92. The van der Waals surface area contributed by atoms with Crippen molar-refractivity contribution in [2.24, 2.45) is 5.92 Å². The Morgan fingerprint density at radius 3 is 2.63 bits per heavy atom. The first-order chi connectivity index (χ1) is 12.8. The van der Waals surface area contributed by atoms with Gasteiger partial charge >= 0.3 is 0 Å². The minimum absolute atomic E-state index is 0.0125. The Morgan fingerprint density at radius 1 is 1.26 bits per heavy atom. The predicted molar refractivity (Wildman–Crippen MR) is 107 cm³/mol. The maximum absolute atomic E-state index is 12.7. The third kappa shape index (κ3) is 4.70. The molecule has 0 aromatic heterocycles. The maximum Gasteiger partial charge on any atom is 0.240 e. The Labute approximate surface area is 163 Å². The normalized spacial score (nSPS) is 21.9. The van der Waals surface area contributed by atoms with Gasteiger partial charge in [0.2, 0.25) is 15.9 Å². The molecule has 3 rings (SSSR count). The van der Waals surface area contributed by atoms with Crippen molar-refractivity contribution in [1.29, 1.82) is 0 Å². The van der Waals surface area contributed by atoms with Crippen molar-refractivity contribution < 1.29 is 13.2 Å². The fourth-order valence-electron chi connectivity index (χ4n) is 4.24. The molecule has 2 atom stereocenters. The standard InChI is InChI=1S/C20H31N3O3S/c1-15(14-22-9-5-4-6-10-22)13-21-27(25,26)19-7-8-20-18(12-19)11-16(2)23(20)17(3)24/h7-8,12,15-16,21H,4-6,9-11,13-14H2,1-3H3. The molecule has 2 unspecified atom stereocenters.